The first kappa shape index (κ1) is 31.3. The van der Waals surface area contributed by atoms with Gasteiger partial charge < -0.3 is 25.6 Å². The number of aromatic nitrogens is 1. The molecule has 9 heteroatoms. The van der Waals surface area contributed by atoms with Gasteiger partial charge in [-0.15, -0.1) is 0 Å². The SMILES string of the molecule is C/C=C(\NC)C(NC(=O)COCC)C1=Cc2cccnc2C(N2CCN(C(=O)NC(C)(C)C)CC2)c2ccc(C)cc21. The lowest BCUT2D eigenvalue weighted by Gasteiger charge is -2.40. The zero-order valence-corrected chi connectivity index (χ0v) is 26.1. The summed E-state index contributed by atoms with van der Waals surface area (Å²) in [6.45, 7) is 15.1. The van der Waals surface area contributed by atoms with Crippen molar-refractivity contribution < 1.29 is 14.3 Å². The Hall–Kier alpha value is -3.69. The summed E-state index contributed by atoms with van der Waals surface area (Å²) < 4.78 is 5.43. The van der Waals surface area contributed by atoms with E-state index in [2.05, 4.69) is 58.1 Å². The van der Waals surface area contributed by atoms with Crippen molar-refractivity contribution in [2.24, 2.45) is 0 Å². The van der Waals surface area contributed by atoms with Crippen LogP contribution in [0.2, 0.25) is 0 Å². The lowest BCUT2D eigenvalue weighted by molar-refractivity contribution is -0.125. The lowest BCUT2D eigenvalue weighted by atomic mass is 9.88. The van der Waals surface area contributed by atoms with E-state index in [1.807, 2.05) is 64.9 Å². The van der Waals surface area contributed by atoms with E-state index >= 15 is 0 Å². The van der Waals surface area contributed by atoms with Gasteiger partial charge in [0.15, 0.2) is 0 Å². The molecule has 2 unspecified atom stereocenters. The first-order valence-corrected chi connectivity index (χ1v) is 14.9. The highest BCUT2D eigenvalue weighted by Crippen LogP contribution is 2.41. The summed E-state index contributed by atoms with van der Waals surface area (Å²) >= 11 is 0. The van der Waals surface area contributed by atoms with E-state index in [0.29, 0.717) is 32.8 Å². The average Bonchev–Trinajstić information content (AvgIpc) is 3.09. The highest BCUT2D eigenvalue weighted by Gasteiger charge is 2.36. The molecule has 0 spiro atoms. The average molecular weight is 575 g/mol. The number of urea groups is 1. The van der Waals surface area contributed by atoms with Crippen LogP contribution in [0.25, 0.3) is 11.6 Å². The number of pyridine rings is 1. The molecule has 4 rings (SSSR count). The second kappa shape index (κ2) is 13.5. The number of nitrogens with zero attached hydrogens (tertiary/aromatic N) is 3. The Balaban J connectivity index is 1.77. The van der Waals surface area contributed by atoms with Gasteiger partial charge in [-0.2, -0.15) is 0 Å². The molecule has 2 heterocycles. The fraction of sp³-hybridized carbons (Fsp3) is 0.485. The summed E-state index contributed by atoms with van der Waals surface area (Å²) in [7, 11) is 1.87. The molecule has 3 N–H and O–H groups in total. The predicted octanol–water partition coefficient (Wildman–Crippen LogP) is 4.10. The maximum atomic E-state index is 13.0. The maximum Gasteiger partial charge on any atom is 0.317 e. The Morgan fingerprint density at radius 3 is 2.55 bits per heavy atom. The summed E-state index contributed by atoms with van der Waals surface area (Å²) in [5.74, 6) is -0.177. The van der Waals surface area contributed by atoms with Crippen molar-refractivity contribution in [2.75, 3.05) is 46.4 Å². The van der Waals surface area contributed by atoms with E-state index in [-0.39, 0.29) is 30.1 Å². The normalized spacial score (nSPS) is 18.3. The third-order valence-electron chi connectivity index (χ3n) is 7.67. The van der Waals surface area contributed by atoms with Gasteiger partial charge in [0.2, 0.25) is 5.91 Å². The molecule has 42 heavy (non-hydrogen) atoms. The molecule has 0 radical (unpaired) electrons. The number of allylic oxidation sites excluding steroid dienone is 1. The number of carbonyl (C=O) groups is 2. The lowest BCUT2D eigenvalue weighted by Crippen LogP contribution is -2.55. The maximum absolute atomic E-state index is 13.0. The minimum atomic E-state index is -0.418. The Bertz CT molecular complexity index is 1340. The van der Waals surface area contributed by atoms with Crippen LogP contribution in [0.1, 0.15) is 68.6 Å². The molecule has 1 aliphatic heterocycles. The fourth-order valence-corrected chi connectivity index (χ4v) is 5.70. The molecule has 3 amide bonds. The third kappa shape index (κ3) is 7.20. The quantitative estimate of drug-likeness (QED) is 0.439. The molecule has 0 bridgehead atoms. The first-order chi connectivity index (χ1) is 20.1. The number of fused-ring (bicyclic) bond motifs is 2. The molecular formula is C33H46N6O3. The van der Waals surface area contributed by atoms with E-state index in [4.69, 9.17) is 9.72 Å². The topological polar surface area (TPSA) is 98.8 Å². The predicted molar refractivity (Wildman–Crippen MR) is 168 cm³/mol. The number of hydrogen-bond acceptors (Lipinski definition) is 6. The van der Waals surface area contributed by atoms with Gasteiger partial charge in [-0.3, -0.25) is 14.7 Å². The summed E-state index contributed by atoms with van der Waals surface area (Å²) in [4.78, 5) is 35.2. The molecule has 2 aliphatic rings. The van der Waals surface area contributed by atoms with Crippen molar-refractivity contribution in [1.82, 2.24) is 30.7 Å². The Morgan fingerprint density at radius 1 is 1.17 bits per heavy atom. The number of nitrogens with one attached hydrogen (secondary N) is 3. The van der Waals surface area contributed by atoms with Gasteiger partial charge in [0.25, 0.3) is 0 Å². The van der Waals surface area contributed by atoms with Gasteiger partial charge in [0.05, 0.1) is 17.8 Å². The van der Waals surface area contributed by atoms with Crippen molar-refractivity contribution in [3.63, 3.8) is 0 Å². The van der Waals surface area contributed by atoms with E-state index in [1.54, 1.807) is 0 Å². The second-order valence-electron chi connectivity index (χ2n) is 11.9. The Morgan fingerprint density at radius 2 is 1.90 bits per heavy atom. The number of aryl methyl sites for hydroxylation is 1. The molecule has 1 aromatic heterocycles. The monoisotopic (exact) mass is 574 g/mol. The number of piperazine rings is 1. The molecular weight excluding hydrogens is 528 g/mol. The van der Waals surface area contributed by atoms with Crippen LogP contribution in [0, 0.1) is 6.92 Å². The van der Waals surface area contributed by atoms with Crippen LogP contribution in [0.4, 0.5) is 4.79 Å². The molecule has 2 atom stereocenters. The van der Waals surface area contributed by atoms with Crippen molar-refractivity contribution in [3.05, 3.63) is 76.2 Å². The van der Waals surface area contributed by atoms with Gasteiger partial charge in [-0.25, -0.2) is 4.79 Å². The molecule has 1 fully saturated rings. The van der Waals surface area contributed by atoms with Gasteiger partial charge in [0, 0.05) is 57.3 Å². The largest absolute Gasteiger partial charge is 0.390 e. The minimum absolute atomic E-state index is 0.00446. The number of benzene rings is 1. The summed E-state index contributed by atoms with van der Waals surface area (Å²) in [5, 5.41) is 9.62. The van der Waals surface area contributed by atoms with E-state index in [0.717, 1.165) is 39.2 Å². The molecule has 9 nitrogen and oxygen atoms in total. The van der Waals surface area contributed by atoms with Crippen LogP contribution in [0.3, 0.4) is 0 Å². The zero-order chi connectivity index (χ0) is 30.4. The second-order valence-corrected chi connectivity index (χ2v) is 11.9. The van der Waals surface area contributed by atoms with Crippen LogP contribution in [-0.2, 0) is 9.53 Å². The van der Waals surface area contributed by atoms with E-state index in [1.165, 1.54) is 0 Å². The van der Waals surface area contributed by atoms with Crippen LogP contribution in [-0.4, -0.2) is 84.7 Å². The van der Waals surface area contributed by atoms with Gasteiger partial charge in [-0.1, -0.05) is 35.9 Å². The Kier molecular flexibility index (Phi) is 10.1. The first-order valence-electron chi connectivity index (χ1n) is 14.9. The minimum Gasteiger partial charge on any atom is -0.390 e. The van der Waals surface area contributed by atoms with Crippen LogP contribution in [0.5, 0.6) is 0 Å². The number of likely N-dealkylation sites (N-methyl/N-ethyl adjacent to an activating group) is 1. The Labute approximate surface area is 250 Å². The van der Waals surface area contributed by atoms with Crippen LogP contribution >= 0.6 is 0 Å². The molecule has 1 saturated heterocycles. The third-order valence-corrected chi connectivity index (χ3v) is 7.67. The summed E-state index contributed by atoms with van der Waals surface area (Å²) in [6.07, 6.45) is 6.01. The number of ether oxygens (including phenoxy) is 1. The number of hydrogen-bond donors (Lipinski definition) is 3. The van der Waals surface area contributed by atoms with Gasteiger partial charge >= 0.3 is 6.03 Å². The van der Waals surface area contributed by atoms with Crippen molar-refractivity contribution in [3.8, 4) is 0 Å². The standard InChI is InChI=1S/C33H46N6O3/c1-8-27(34-7)30(36-28(40)21-42-9-2)26-20-23-11-10-14-35-29(23)31(24-13-12-22(3)19-25(24)26)38-15-17-39(18-16-38)32(41)37-33(4,5)6/h8,10-14,19-20,30-31,34H,9,15-18,21H2,1-7H3,(H,36,40)(H,37,41)/b27-8-. The molecule has 1 aliphatic carbocycles. The fourth-order valence-electron chi connectivity index (χ4n) is 5.70. The number of rotatable bonds is 8. The van der Waals surface area contributed by atoms with Crippen molar-refractivity contribution in [2.45, 2.75) is 59.2 Å². The molecule has 226 valence electrons. The molecule has 1 aromatic carbocycles. The summed E-state index contributed by atoms with van der Waals surface area (Å²) in [5.41, 5.74) is 6.90. The van der Waals surface area contributed by atoms with Gasteiger partial charge in [0.1, 0.15) is 6.61 Å². The van der Waals surface area contributed by atoms with E-state index in [9.17, 15) is 9.59 Å². The van der Waals surface area contributed by atoms with Gasteiger partial charge in [-0.05, 0) is 75.9 Å². The molecule has 2 aromatic rings. The highest BCUT2D eigenvalue weighted by molar-refractivity contribution is 5.92. The number of carbonyl (C=O) groups excluding carboxylic acids is 2. The van der Waals surface area contributed by atoms with E-state index < -0.39 is 6.04 Å². The van der Waals surface area contributed by atoms with Crippen molar-refractivity contribution in [1.29, 1.82) is 0 Å². The zero-order valence-electron chi connectivity index (χ0n) is 26.1. The smallest absolute Gasteiger partial charge is 0.317 e. The number of amides is 3. The summed E-state index contributed by atoms with van der Waals surface area (Å²) in [6, 6.07) is 10.0. The van der Waals surface area contributed by atoms with Crippen LogP contribution in [0.15, 0.2) is 48.3 Å². The van der Waals surface area contributed by atoms with Crippen LogP contribution < -0.4 is 16.0 Å². The van der Waals surface area contributed by atoms with Crippen molar-refractivity contribution >= 4 is 23.6 Å². The molecule has 0 saturated carbocycles. The highest BCUT2D eigenvalue weighted by atomic mass is 16.5.